The van der Waals surface area contributed by atoms with Gasteiger partial charge in [-0.2, -0.15) is 0 Å². The van der Waals surface area contributed by atoms with Crippen molar-refractivity contribution < 1.29 is 0 Å². The van der Waals surface area contributed by atoms with E-state index in [0.29, 0.717) is 5.69 Å². The molecule has 5 nitrogen and oxygen atoms in total. The number of nitrogen functional groups attached to an aromatic ring is 1. The minimum atomic E-state index is 0.0403. The maximum atomic E-state index is 7.55. The Morgan fingerprint density at radius 2 is 2.12 bits per heavy atom. The van der Waals surface area contributed by atoms with Crippen molar-refractivity contribution in [2.75, 3.05) is 37.6 Å². The van der Waals surface area contributed by atoms with E-state index >= 15 is 0 Å². The van der Waals surface area contributed by atoms with Gasteiger partial charge in [0.1, 0.15) is 11.5 Å². The normalized spacial score (nSPS) is 17.1. The lowest BCUT2D eigenvalue weighted by Gasteiger charge is -2.36. The van der Waals surface area contributed by atoms with Crippen LogP contribution in [0.25, 0.3) is 0 Å². The lowest BCUT2D eigenvalue weighted by atomic mass is 10.2. The van der Waals surface area contributed by atoms with Crippen molar-refractivity contribution in [2.24, 2.45) is 5.73 Å². The summed E-state index contributed by atoms with van der Waals surface area (Å²) in [6.07, 6.45) is 1.68. The van der Waals surface area contributed by atoms with Gasteiger partial charge in [-0.15, -0.1) is 0 Å². The zero-order valence-electron chi connectivity index (χ0n) is 10.2. The number of nitrogens with two attached hydrogens (primary N) is 1. The highest BCUT2D eigenvalue weighted by molar-refractivity contribution is 5.98. The summed E-state index contributed by atoms with van der Waals surface area (Å²) < 4.78 is 0. The topological polar surface area (TPSA) is 69.2 Å². The second-order valence-corrected chi connectivity index (χ2v) is 4.21. The summed E-state index contributed by atoms with van der Waals surface area (Å²) in [4.78, 5) is 8.86. The van der Waals surface area contributed by atoms with E-state index < -0.39 is 0 Å². The molecule has 1 aliphatic rings. The van der Waals surface area contributed by atoms with Crippen LogP contribution in [-0.2, 0) is 0 Å². The molecule has 2 rings (SSSR count). The molecule has 1 aromatic rings. The number of piperazine rings is 1. The number of aromatic nitrogens is 1. The monoisotopic (exact) mass is 233 g/mol. The quantitative estimate of drug-likeness (QED) is 0.589. The minimum absolute atomic E-state index is 0.0403. The molecular weight excluding hydrogens is 214 g/mol. The fourth-order valence-electron chi connectivity index (χ4n) is 2.16. The Morgan fingerprint density at radius 3 is 2.71 bits per heavy atom. The highest BCUT2D eigenvalue weighted by Gasteiger charge is 2.19. The Hall–Kier alpha value is -1.62. The van der Waals surface area contributed by atoms with Gasteiger partial charge in [-0.1, -0.05) is 6.92 Å². The predicted octanol–water partition coefficient (Wildman–Crippen LogP) is 0.508. The van der Waals surface area contributed by atoms with Gasteiger partial charge in [0.25, 0.3) is 0 Å². The van der Waals surface area contributed by atoms with E-state index in [2.05, 4.69) is 21.7 Å². The van der Waals surface area contributed by atoms with E-state index in [0.717, 1.165) is 38.4 Å². The summed E-state index contributed by atoms with van der Waals surface area (Å²) in [5.41, 5.74) is 7.14. The van der Waals surface area contributed by atoms with E-state index in [1.165, 1.54) is 0 Å². The fourth-order valence-corrected chi connectivity index (χ4v) is 2.16. The van der Waals surface area contributed by atoms with Gasteiger partial charge in [-0.25, -0.2) is 0 Å². The van der Waals surface area contributed by atoms with Crippen molar-refractivity contribution in [3.8, 4) is 0 Å². The van der Waals surface area contributed by atoms with Gasteiger partial charge in [-0.3, -0.25) is 10.4 Å². The number of hydrogen-bond donors (Lipinski definition) is 2. The molecule has 0 aliphatic carbocycles. The lowest BCUT2D eigenvalue weighted by Crippen LogP contribution is -2.46. The summed E-state index contributed by atoms with van der Waals surface area (Å²) in [6.45, 7) is 7.34. The number of nitrogens with one attached hydrogen (secondary N) is 1. The Kier molecular flexibility index (Phi) is 3.58. The Morgan fingerprint density at radius 1 is 1.41 bits per heavy atom. The molecule has 0 unspecified atom stereocenters. The summed E-state index contributed by atoms with van der Waals surface area (Å²) in [6, 6.07) is 3.89. The van der Waals surface area contributed by atoms with Crippen molar-refractivity contribution in [3.63, 3.8) is 0 Å². The predicted molar refractivity (Wildman–Crippen MR) is 69.6 cm³/mol. The molecule has 0 radical (unpaired) electrons. The van der Waals surface area contributed by atoms with Crippen LogP contribution in [0.2, 0.25) is 0 Å². The maximum absolute atomic E-state index is 7.55. The Bertz CT molecular complexity index is 396. The molecule has 3 N–H and O–H groups in total. The van der Waals surface area contributed by atoms with Gasteiger partial charge in [0.05, 0.1) is 5.69 Å². The molecular formula is C12H19N5. The molecule has 92 valence electrons. The van der Waals surface area contributed by atoms with Gasteiger partial charge < -0.3 is 15.5 Å². The third-order valence-corrected chi connectivity index (χ3v) is 3.20. The Labute approximate surface area is 102 Å². The molecule has 1 aliphatic heterocycles. The molecule has 1 aromatic heterocycles. The van der Waals surface area contributed by atoms with E-state index in [-0.39, 0.29) is 5.84 Å². The van der Waals surface area contributed by atoms with Crippen LogP contribution in [0, 0.1) is 5.41 Å². The number of amidine groups is 1. The number of pyridine rings is 1. The highest BCUT2D eigenvalue weighted by Crippen LogP contribution is 2.19. The van der Waals surface area contributed by atoms with E-state index in [1.54, 1.807) is 6.20 Å². The lowest BCUT2D eigenvalue weighted by molar-refractivity contribution is 0.271. The standard InChI is InChI=1S/C12H19N5/c1-2-16-6-8-17(9-7-16)10-4-3-5-15-11(10)12(13)14/h3-5H,2,6-9H2,1H3,(H3,13,14). The number of likely N-dealkylation sites (N-methyl/N-ethyl adjacent to an activating group) is 1. The molecule has 0 saturated carbocycles. The van der Waals surface area contributed by atoms with Crippen molar-refractivity contribution in [3.05, 3.63) is 24.0 Å². The summed E-state index contributed by atoms with van der Waals surface area (Å²) in [7, 11) is 0. The Balaban J connectivity index is 2.15. The molecule has 0 aromatic carbocycles. The zero-order valence-corrected chi connectivity index (χ0v) is 10.2. The molecule has 2 heterocycles. The maximum Gasteiger partial charge on any atom is 0.143 e. The highest BCUT2D eigenvalue weighted by atomic mass is 15.3. The van der Waals surface area contributed by atoms with Gasteiger partial charge in [0, 0.05) is 32.4 Å². The van der Waals surface area contributed by atoms with Crippen LogP contribution in [0.5, 0.6) is 0 Å². The first kappa shape index (κ1) is 11.9. The molecule has 0 amide bonds. The number of anilines is 1. The summed E-state index contributed by atoms with van der Waals surface area (Å²) in [5.74, 6) is 0.0403. The number of nitrogens with zero attached hydrogens (tertiary/aromatic N) is 3. The molecule has 0 spiro atoms. The molecule has 0 atom stereocenters. The van der Waals surface area contributed by atoms with Crippen LogP contribution in [0.1, 0.15) is 12.6 Å². The van der Waals surface area contributed by atoms with Crippen LogP contribution in [-0.4, -0.2) is 48.4 Å². The van der Waals surface area contributed by atoms with Gasteiger partial charge in [0.15, 0.2) is 0 Å². The van der Waals surface area contributed by atoms with Crippen molar-refractivity contribution >= 4 is 11.5 Å². The van der Waals surface area contributed by atoms with Crippen LogP contribution in [0.3, 0.4) is 0 Å². The zero-order chi connectivity index (χ0) is 12.3. The third kappa shape index (κ3) is 2.55. The van der Waals surface area contributed by atoms with Crippen molar-refractivity contribution in [2.45, 2.75) is 6.92 Å². The van der Waals surface area contributed by atoms with Crippen LogP contribution in [0.15, 0.2) is 18.3 Å². The number of hydrogen-bond acceptors (Lipinski definition) is 4. The third-order valence-electron chi connectivity index (χ3n) is 3.20. The van der Waals surface area contributed by atoms with Crippen LogP contribution >= 0.6 is 0 Å². The van der Waals surface area contributed by atoms with E-state index in [9.17, 15) is 0 Å². The fraction of sp³-hybridized carbons (Fsp3) is 0.500. The molecule has 1 saturated heterocycles. The first-order valence-electron chi connectivity index (χ1n) is 5.99. The SMILES string of the molecule is CCN1CCN(c2cccnc2C(=N)N)CC1. The first-order chi connectivity index (χ1) is 8.22. The second kappa shape index (κ2) is 5.14. The minimum Gasteiger partial charge on any atom is -0.382 e. The summed E-state index contributed by atoms with van der Waals surface area (Å²) in [5, 5.41) is 7.55. The average molecular weight is 233 g/mol. The molecule has 17 heavy (non-hydrogen) atoms. The number of rotatable bonds is 3. The van der Waals surface area contributed by atoms with Gasteiger partial charge in [0.2, 0.25) is 0 Å². The first-order valence-corrected chi connectivity index (χ1v) is 5.99. The second-order valence-electron chi connectivity index (χ2n) is 4.21. The average Bonchev–Trinajstić information content (AvgIpc) is 2.39. The molecule has 1 fully saturated rings. The molecule has 5 heteroatoms. The van der Waals surface area contributed by atoms with E-state index in [4.69, 9.17) is 11.1 Å². The van der Waals surface area contributed by atoms with Crippen molar-refractivity contribution in [1.82, 2.24) is 9.88 Å². The molecule has 0 bridgehead atoms. The van der Waals surface area contributed by atoms with Crippen LogP contribution < -0.4 is 10.6 Å². The largest absolute Gasteiger partial charge is 0.382 e. The van der Waals surface area contributed by atoms with Crippen molar-refractivity contribution in [1.29, 1.82) is 5.41 Å². The van der Waals surface area contributed by atoms with Gasteiger partial charge in [-0.05, 0) is 18.7 Å². The van der Waals surface area contributed by atoms with E-state index in [1.807, 2.05) is 12.1 Å². The van der Waals surface area contributed by atoms with Crippen LogP contribution in [0.4, 0.5) is 5.69 Å². The summed E-state index contributed by atoms with van der Waals surface area (Å²) >= 11 is 0. The van der Waals surface area contributed by atoms with Gasteiger partial charge >= 0.3 is 0 Å². The smallest absolute Gasteiger partial charge is 0.143 e.